The molecule has 0 fully saturated rings. The molecular weight excluding hydrogens is 234 g/mol. The molecule has 1 N–H and O–H groups in total. The number of unbranched alkanes of at least 4 members (excludes halogenated alkanes) is 2. The lowest BCUT2D eigenvalue weighted by atomic mass is 10.1. The van der Waals surface area contributed by atoms with E-state index in [0.717, 1.165) is 45.1 Å². The highest BCUT2D eigenvalue weighted by Crippen LogP contribution is 2.05. The molecular formula is C13H29NO2S. The first-order valence-corrected chi connectivity index (χ1v) is 8.77. The topological polar surface area (TPSA) is 46.2 Å². The molecule has 1 atom stereocenters. The Labute approximate surface area is 107 Å². The van der Waals surface area contributed by atoms with Crippen LogP contribution in [0.1, 0.15) is 59.3 Å². The second-order valence-electron chi connectivity index (χ2n) is 4.86. The molecule has 0 aliphatic carbocycles. The Morgan fingerprint density at radius 1 is 1.00 bits per heavy atom. The summed E-state index contributed by atoms with van der Waals surface area (Å²) in [5, 5.41) is 3.41. The zero-order chi connectivity index (χ0) is 13.1. The maximum Gasteiger partial charge on any atom is 0.150 e. The van der Waals surface area contributed by atoms with E-state index in [0.29, 0.717) is 17.5 Å². The van der Waals surface area contributed by atoms with Crippen LogP contribution in [0.4, 0.5) is 0 Å². The third-order valence-corrected chi connectivity index (χ3v) is 4.72. The predicted octanol–water partition coefficient (Wildman–Crippen LogP) is 2.76. The van der Waals surface area contributed by atoms with Crippen molar-refractivity contribution in [3.05, 3.63) is 0 Å². The molecule has 0 spiro atoms. The molecule has 0 aromatic heterocycles. The summed E-state index contributed by atoms with van der Waals surface area (Å²) in [5.41, 5.74) is 0. The van der Waals surface area contributed by atoms with E-state index in [1.165, 1.54) is 0 Å². The monoisotopic (exact) mass is 263 g/mol. The summed E-state index contributed by atoms with van der Waals surface area (Å²) in [4.78, 5) is 0. The fourth-order valence-electron chi connectivity index (χ4n) is 1.73. The Morgan fingerprint density at radius 3 is 2.24 bits per heavy atom. The van der Waals surface area contributed by atoms with E-state index in [1.54, 1.807) is 0 Å². The van der Waals surface area contributed by atoms with Gasteiger partial charge in [0.15, 0.2) is 0 Å². The first kappa shape index (κ1) is 16.9. The van der Waals surface area contributed by atoms with Gasteiger partial charge in [0.25, 0.3) is 0 Å². The standard InChI is InChI=1S/C13H29NO2S/c1-4-6-11-17(15,16)12-8-7-9-13(3)14-10-5-2/h13-14H,4-12H2,1-3H3. The molecule has 0 aliphatic rings. The lowest BCUT2D eigenvalue weighted by molar-refractivity contribution is 0.494. The van der Waals surface area contributed by atoms with Crippen LogP contribution in [-0.2, 0) is 9.84 Å². The van der Waals surface area contributed by atoms with Gasteiger partial charge in [0, 0.05) is 6.04 Å². The van der Waals surface area contributed by atoms with Crippen LogP contribution in [0.3, 0.4) is 0 Å². The van der Waals surface area contributed by atoms with E-state index >= 15 is 0 Å². The van der Waals surface area contributed by atoms with E-state index in [1.807, 2.05) is 6.92 Å². The summed E-state index contributed by atoms with van der Waals surface area (Å²) < 4.78 is 23.2. The Bertz CT molecular complexity index is 263. The van der Waals surface area contributed by atoms with Crippen LogP contribution in [0, 0.1) is 0 Å². The van der Waals surface area contributed by atoms with Crippen molar-refractivity contribution in [2.75, 3.05) is 18.1 Å². The van der Waals surface area contributed by atoms with Crippen molar-refractivity contribution < 1.29 is 8.42 Å². The summed E-state index contributed by atoms with van der Waals surface area (Å²) in [6.07, 6.45) is 5.79. The van der Waals surface area contributed by atoms with Crippen LogP contribution >= 0.6 is 0 Å². The van der Waals surface area contributed by atoms with Gasteiger partial charge >= 0.3 is 0 Å². The van der Waals surface area contributed by atoms with Gasteiger partial charge < -0.3 is 5.32 Å². The minimum atomic E-state index is -2.78. The van der Waals surface area contributed by atoms with Gasteiger partial charge in [-0.2, -0.15) is 0 Å². The van der Waals surface area contributed by atoms with E-state index in [4.69, 9.17) is 0 Å². The van der Waals surface area contributed by atoms with Crippen LogP contribution in [0.25, 0.3) is 0 Å². The molecule has 17 heavy (non-hydrogen) atoms. The van der Waals surface area contributed by atoms with Crippen molar-refractivity contribution in [1.82, 2.24) is 5.32 Å². The Hall–Kier alpha value is -0.0900. The predicted molar refractivity (Wildman–Crippen MR) is 75.2 cm³/mol. The van der Waals surface area contributed by atoms with Gasteiger partial charge in [0.1, 0.15) is 9.84 Å². The van der Waals surface area contributed by atoms with Crippen molar-refractivity contribution in [1.29, 1.82) is 0 Å². The Kier molecular flexibility index (Phi) is 9.84. The van der Waals surface area contributed by atoms with Gasteiger partial charge in [-0.3, -0.25) is 0 Å². The first-order valence-electron chi connectivity index (χ1n) is 6.95. The van der Waals surface area contributed by atoms with E-state index < -0.39 is 9.84 Å². The van der Waals surface area contributed by atoms with Gasteiger partial charge in [0.2, 0.25) is 0 Å². The Morgan fingerprint density at radius 2 is 1.65 bits per heavy atom. The molecule has 104 valence electrons. The average molecular weight is 263 g/mol. The second-order valence-corrected chi connectivity index (χ2v) is 7.16. The van der Waals surface area contributed by atoms with E-state index in [-0.39, 0.29) is 0 Å². The van der Waals surface area contributed by atoms with Gasteiger partial charge in [-0.25, -0.2) is 8.42 Å². The highest BCUT2D eigenvalue weighted by atomic mass is 32.2. The minimum Gasteiger partial charge on any atom is -0.314 e. The van der Waals surface area contributed by atoms with Crippen molar-refractivity contribution >= 4 is 9.84 Å². The molecule has 1 unspecified atom stereocenters. The van der Waals surface area contributed by atoms with Gasteiger partial charge in [-0.1, -0.05) is 26.7 Å². The molecule has 0 aliphatic heterocycles. The van der Waals surface area contributed by atoms with E-state index in [9.17, 15) is 8.42 Å². The van der Waals surface area contributed by atoms with Crippen molar-refractivity contribution in [2.45, 2.75) is 65.3 Å². The molecule has 0 rings (SSSR count). The molecule has 0 bridgehead atoms. The summed E-state index contributed by atoms with van der Waals surface area (Å²) in [6.45, 7) is 7.40. The lowest BCUT2D eigenvalue weighted by Gasteiger charge is -2.12. The maximum atomic E-state index is 11.6. The van der Waals surface area contributed by atoms with Crippen LogP contribution in [0.5, 0.6) is 0 Å². The molecule has 0 amide bonds. The third-order valence-electron chi connectivity index (χ3n) is 2.89. The van der Waals surface area contributed by atoms with Crippen molar-refractivity contribution in [3.63, 3.8) is 0 Å². The maximum absolute atomic E-state index is 11.6. The highest BCUT2D eigenvalue weighted by Gasteiger charge is 2.09. The van der Waals surface area contributed by atoms with Crippen LogP contribution < -0.4 is 5.32 Å². The number of sulfone groups is 1. The lowest BCUT2D eigenvalue weighted by Crippen LogP contribution is -2.26. The average Bonchev–Trinajstić information content (AvgIpc) is 2.29. The third kappa shape index (κ3) is 10.8. The quantitative estimate of drug-likeness (QED) is 0.583. The van der Waals surface area contributed by atoms with Crippen molar-refractivity contribution in [3.8, 4) is 0 Å². The normalized spacial score (nSPS) is 13.8. The first-order chi connectivity index (χ1) is 8.02. The molecule has 0 aromatic rings. The largest absolute Gasteiger partial charge is 0.314 e. The molecule has 4 heteroatoms. The van der Waals surface area contributed by atoms with Crippen LogP contribution in [0.2, 0.25) is 0 Å². The summed E-state index contributed by atoms with van der Waals surface area (Å²) >= 11 is 0. The number of hydrogen-bond donors (Lipinski definition) is 1. The Balaban J connectivity index is 3.56. The zero-order valence-corrected chi connectivity index (χ0v) is 12.5. The van der Waals surface area contributed by atoms with Crippen LogP contribution in [0.15, 0.2) is 0 Å². The fourth-order valence-corrected chi connectivity index (χ4v) is 3.31. The molecule has 0 aromatic carbocycles. The summed E-state index contributed by atoms with van der Waals surface area (Å²) in [7, 11) is -2.78. The molecule has 3 nitrogen and oxygen atoms in total. The van der Waals surface area contributed by atoms with Crippen LogP contribution in [-0.4, -0.2) is 32.5 Å². The number of rotatable bonds is 11. The SMILES string of the molecule is CCCCS(=O)(=O)CCCCC(C)NCCC. The molecule has 0 saturated carbocycles. The zero-order valence-electron chi connectivity index (χ0n) is 11.7. The summed E-state index contributed by atoms with van der Waals surface area (Å²) in [6, 6.07) is 0.508. The second kappa shape index (κ2) is 9.89. The molecule has 0 heterocycles. The summed E-state index contributed by atoms with van der Waals surface area (Å²) in [5.74, 6) is 0.737. The van der Waals surface area contributed by atoms with Crippen molar-refractivity contribution in [2.24, 2.45) is 0 Å². The number of nitrogens with one attached hydrogen (secondary N) is 1. The molecule has 0 saturated heterocycles. The van der Waals surface area contributed by atoms with Gasteiger partial charge in [-0.15, -0.1) is 0 Å². The number of hydrogen-bond acceptors (Lipinski definition) is 3. The minimum absolute atomic E-state index is 0.368. The molecule has 0 radical (unpaired) electrons. The smallest absolute Gasteiger partial charge is 0.150 e. The fraction of sp³-hybridized carbons (Fsp3) is 1.00. The van der Waals surface area contributed by atoms with Gasteiger partial charge in [-0.05, 0) is 39.2 Å². The van der Waals surface area contributed by atoms with E-state index in [2.05, 4.69) is 19.2 Å². The highest BCUT2D eigenvalue weighted by molar-refractivity contribution is 7.91. The van der Waals surface area contributed by atoms with Gasteiger partial charge in [0.05, 0.1) is 11.5 Å².